The van der Waals surface area contributed by atoms with Gasteiger partial charge in [0.25, 0.3) is 0 Å². The monoisotopic (exact) mass is 250 g/mol. The first-order chi connectivity index (χ1) is 9.36. The van der Waals surface area contributed by atoms with E-state index < -0.39 is 0 Å². The minimum absolute atomic E-state index is 0.0636. The Morgan fingerprint density at radius 2 is 1.63 bits per heavy atom. The molecule has 3 nitrogen and oxygen atoms in total. The van der Waals surface area contributed by atoms with E-state index in [1.165, 1.54) is 0 Å². The maximum Gasteiger partial charge on any atom is 0.0682 e. The van der Waals surface area contributed by atoms with E-state index in [0.29, 0.717) is 0 Å². The van der Waals surface area contributed by atoms with Crippen molar-refractivity contribution in [3.05, 3.63) is 66.4 Å². The molecular formula is C16H14N2O. The lowest BCUT2D eigenvalue weighted by Gasteiger charge is -2.06. The second kappa shape index (κ2) is 5.08. The van der Waals surface area contributed by atoms with Crippen molar-refractivity contribution in [3.8, 4) is 22.4 Å². The van der Waals surface area contributed by atoms with E-state index in [-0.39, 0.29) is 6.61 Å². The molecule has 2 N–H and O–H groups in total. The number of aromatic nitrogens is 2. The zero-order valence-corrected chi connectivity index (χ0v) is 10.4. The summed E-state index contributed by atoms with van der Waals surface area (Å²) >= 11 is 0. The Hall–Kier alpha value is -2.39. The molecule has 0 unspecified atom stereocenters. The van der Waals surface area contributed by atoms with Gasteiger partial charge in [-0.25, -0.2) is 0 Å². The predicted octanol–water partition coefficient (Wildman–Crippen LogP) is 3.24. The molecule has 94 valence electrons. The minimum Gasteiger partial charge on any atom is -0.392 e. The predicted molar refractivity (Wildman–Crippen MR) is 75.4 cm³/mol. The molecule has 0 amide bonds. The van der Waals surface area contributed by atoms with Crippen LogP contribution < -0.4 is 0 Å². The number of nitrogens with one attached hydrogen (secondary N) is 1. The Kier molecular flexibility index (Phi) is 3.12. The van der Waals surface area contributed by atoms with Gasteiger partial charge in [0.2, 0.25) is 0 Å². The third-order valence-electron chi connectivity index (χ3n) is 3.12. The lowest BCUT2D eigenvalue weighted by atomic mass is 10.0. The highest BCUT2D eigenvalue weighted by molar-refractivity contribution is 5.71. The van der Waals surface area contributed by atoms with E-state index in [1.807, 2.05) is 42.5 Å². The van der Waals surface area contributed by atoms with Crippen LogP contribution in [0.3, 0.4) is 0 Å². The van der Waals surface area contributed by atoms with Crippen molar-refractivity contribution in [2.75, 3.05) is 0 Å². The van der Waals surface area contributed by atoms with Crippen LogP contribution in [0.1, 0.15) is 5.56 Å². The highest BCUT2D eigenvalue weighted by atomic mass is 16.3. The smallest absolute Gasteiger partial charge is 0.0682 e. The number of benzene rings is 2. The lowest BCUT2D eigenvalue weighted by Crippen LogP contribution is -1.85. The van der Waals surface area contributed by atoms with Crippen LogP contribution in [0, 0.1) is 0 Å². The van der Waals surface area contributed by atoms with Gasteiger partial charge in [0.1, 0.15) is 0 Å². The lowest BCUT2D eigenvalue weighted by molar-refractivity contribution is 0.282. The molecule has 0 fully saturated rings. The summed E-state index contributed by atoms with van der Waals surface area (Å²) in [5, 5.41) is 16.1. The summed E-state index contributed by atoms with van der Waals surface area (Å²) in [7, 11) is 0. The number of H-pyrrole nitrogens is 1. The van der Waals surface area contributed by atoms with E-state index in [0.717, 1.165) is 27.9 Å². The van der Waals surface area contributed by atoms with Gasteiger partial charge in [-0.2, -0.15) is 5.10 Å². The maximum absolute atomic E-state index is 9.20. The van der Waals surface area contributed by atoms with Crippen LogP contribution in [0.4, 0.5) is 0 Å². The van der Waals surface area contributed by atoms with Crippen LogP contribution in [-0.2, 0) is 6.61 Å². The Morgan fingerprint density at radius 1 is 0.895 bits per heavy atom. The van der Waals surface area contributed by atoms with Crippen molar-refractivity contribution >= 4 is 0 Å². The summed E-state index contributed by atoms with van der Waals surface area (Å²) in [6.45, 7) is 0.0636. The summed E-state index contributed by atoms with van der Waals surface area (Å²) in [6.07, 6.45) is 1.74. The minimum atomic E-state index is 0.0636. The summed E-state index contributed by atoms with van der Waals surface area (Å²) in [6, 6.07) is 18.1. The molecule has 3 rings (SSSR count). The Labute approximate surface area is 111 Å². The second-order valence-electron chi connectivity index (χ2n) is 4.41. The molecule has 19 heavy (non-hydrogen) atoms. The zero-order valence-electron chi connectivity index (χ0n) is 10.4. The molecule has 3 heteroatoms. The standard InChI is InChI=1S/C16H14N2O/c19-11-12-3-1-4-13(9-12)14-5-2-6-15(10-14)16-7-8-17-18-16/h1-10,19H,11H2,(H,17,18). The van der Waals surface area contributed by atoms with Crippen molar-refractivity contribution in [1.82, 2.24) is 10.2 Å². The molecule has 1 heterocycles. The molecule has 0 aliphatic rings. The average Bonchev–Trinajstić information content (AvgIpc) is 3.02. The van der Waals surface area contributed by atoms with Gasteiger partial charge in [0, 0.05) is 11.8 Å². The molecule has 0 atom stereocenters. The van der Waals surface area contributed by atoms with Gasteiger partial charge in [-0.05, 0) is 34.9 Å². The van der Waals surface area contributed by atoms with Gasteiger partial charge in [-0.3, -0.25) is 5.10 Å². The summed E-state index contributed by atoms with van der Waals surface area (Å²) in [5.41, 5.74) is 5.25. The van der Waals surface area contributed by atoms with Gasteiger partial charge in [0.05, 0.1) is 12.3 Å². The maximum atomic E-state index is 9.20. The molecule has 0 saturated heterocycles. The molecule has 0 spiro atoms. The van der Waals surface area contributed by atoms with Crippen LogP contribution >= 0.6 is 0 Å². The Bertz CT molecular complexity index is 675. The number of hydrogen-bond acceptors (Lipinski definition) is 2. The van der Waals surface area contributed by atoms with Crippen molar-refractivity contribution in [2.24, 2.45) is 0 Å². The highest BCUT2D eigenvalue weighted by Gasteiger charge is 2.03. The van der Waals surface area contributed by atoms with E-state index in [4.69, 9.17) is 0 Å². The van der Waals surface area contributed by atoms with E-state index in [1.54, 1.807) is 6.20 Å². The molecular weight excluding hydrogens is 236 g/mol. The Balaban J connectivity index is 2.03. The van der Waals surface area contributed by atoms with Crippen LogP contribution in [-0.4, -0.2) is 15.3 Å². The Morgan fingerprint density at radius 3 is 2.37 bits per heavy atom. The number of nitrogens with zero attached hydrogens (tertiary/aromatic N) is 1. The summed E-state index contributed by atoms with van der Waals surface area (Å²) in [5.74, 6) is 0. The highest BCUT2D eigenvalue weighted by Crippen LogP contribution is 2.25. The first kappa shape index (κ1) is 11.7. The van der Waals surface area contributed by atoms with Crippen molar-refractivity contribution in [3.63, 3.8) is 0 Å². The van der Waals surface area contributed by atoms with E-state index >= 15 is 0 Å². The summed E-state index contributed by atoms with van der Waals surface area (Å²) < 4.78 is 0. The fraction of sp³-hybridized carbons (Fsp3) is 0.0625. The topological polar surface area (TPSA) is 48.9 Å². The first-order valence-corrected chi connectivity index (χ1v) is 6.17. The SMILES string of the molecule is OCc1cccc(-c2cccc(-c3ccn[nH]3)c2)c1. The van der Waals surface area contributed by atoms with Crippen LogP contribution in [0.25, 0.3) is 22.4 Å². The number of rotatable bonds is 3. The largest absolute Gasteiger partial charge is 0.392 e. The number of aliphatic hydroxyl groups is 1. The molecule has 3 aromatic rings. The van der Waals surface area contributed by atoms with E-state index in [9.17, 15) is 5.11 Å². The molecule has 1 aromatic heterocycles. The zero-order chi connectivity index (χ0) is 13.1. The molecule has 0 bridgehead atoms. The second-order valence-corrected chi connectivity index (χ2v) is 4.41. The van der Waals surface area contributed by atoms with E-state index in [2.05, 4.69) is 22.3 Å². The number of aliphatic hydroxyl groups excluding tert-OH is 1. The summed E-state index contributed by atoms with van der Waals surface area (Å²) in [4.78, 5) is 0. The van der Waals surface area contributed by atoms with Crippen molar-refractivity contribution in [1.29, 1.82) is 0 Å². The van der Waals surface area contributed by atoms with Crippen LogP contribution in [0.15, 0.2) is 60.8 Å². The number of aromatic amines is 1. The van der Waals surface area contributed by atoms with Crippen LogP contribution in [0.5, 0.6) is 0 Å². The number of hydrogen-bond donors (Lipinski definition) is 2. The van der Waals surface area contributed by atoms with Crippen molar-refractivity contribution in [2.45, 2.75) is 6.61 Å². The molecule has 0 saturated carbocycles. The molecule has 0 radical (unpaired) electrons. The van der Waals surface area contributed by atoms with Gasteiger partial charge < -0.3 is 5.11 Å². The van der Waals surface area contributed by atoms with Crippen LogP contribution in [0.2, 0.25) is 0 Å². The third kappa shape index (κ3) is 2.41. The van der Waals surface area contributed by atoms with Gasteiger partial charge in [-0.1, -0.05) is 36.4 Å². The molecule has 0 aliphatic heterocycles. The van der Waals surface area contributed by atoms with Gasteiger partial charge >= 0.3 is 0 Å². The average molecular weight is 250 g/mol. The molecule has 0 aliphatic carbocycles. The fourth-order valence-electron chi connectivity index (χ4n) is 2.13. The fourth-order valence-corrected chi connectivity index (χ4v) is 2.13. The normalized spacial score (nSPS) is 10.6. The first-order valence-electron chi connectivity index (χ1n) is 6.17. The quantitative estimate of drug-likeness (QED) is 0.749. The molecule has 2 aromatic carbocycles. The van der Waals surface area contributed by atoms with Gasteiger partial charge in [0.15, 0.2) is 0 Å². The third-order valence-corrected chi connectivity index (χ3v) is 3.12. The van der Waals surface area contributed by atoms with Gasteiger partial charge in [-0.15, -0.1) is 0 Å². The van der Waals surface area contributed by atoms with Crippen molar-refractivity contribution < 1.29 is 5.11 Å².